The van der Waals surface area contributed by atoms with Gasteiger partial charge in [-0.15, -0.1) is 0 Å². The normalized spacial score (nSPS) is 10.5. The number of hydrogen-bond acceptors (Lipinski definition) is 4. The minimum Gasteiger partial charge on any atom is -0.493 e. The maximum atomic E-state index is 12.2. The Morgan fingerprint density at radius 1 is 1.23 bits per heavy atom. The molecule has 1 aromatic carbocycles. The molecule has 0 atom stereocenters. The zero-order chi connectivity index (χ0) is 19.1. The molecule has 1 heterocycles. The van der Waals surface area contributed by atoms with Gasteiger partial charge >= 0.3 is 6.03 Å². The van der Waals surface area contributed by atoms with E-state index in [0.717, 1.165) is 23.4 Å². The van der Waals surface area contributed by atoms with Crippen molar-refractivity contribution in [1.29, 1.82) is 0 Å². The monoisotopic (exact) mass is 360 g/mol. The third kappa shape index (κ3) is 4.91. The van der Waals surface area contributed by atoms with Crippen LogP contribution in [-0.4, -0.2) is 54.8 Å². The van der Waals surface area contributed by atoms with Gasteiger partial charge in [-0.3, -0.25) is 0 Å². The largest absolute Gasteiger partial charge is 0.493 e. The molecular weight excluding hydrogens is 332 g/mol. The first kappa shape index (κ1) is 19.6. The van der Waals surface area contributed by atoms with Gasteiger partial charge in [0.2, 0.25) is 0 Å². The Labute approximate surface area is 154 Å². The van der Waals surface area contributed by atoms with Crippen LogP contribution in [-0.2, 0) is 13.0 Å². The highest BCUT2D eigenvalue weighted by atomic mass is 16.5. The lowest BCUT2D eigenvalue weighted by Crippen LogP contribution is -2.39. The van der Waals surface area contributed by atoms with E-state index in [0.29, 0.717) is 31.1 Å². The molecule has 26 heavy (non-hydrogen) atoms. The molecule has 2 rings (SSSR count). The summed E-state index contributed by atoms with van der Waals surface area (Å²) in [6, 6.07) is 5.72. The number of rotatable bonds is 8. The van der Waals surface area contributed by atoms with Crippen molar-refractivity contribution in [2.45, 2.75) is 26.8 Å². The van der Waals surface area contributed by atoms with Gasteiger partial charge in [0.05, 0.1) is 26.2 Å². The summed E-state index contributed by atoms with van der Waals surface area (Å²) in [5.41, 5.74) is 3.23. The second-order valence-corrected chi connectivity index (χ2v) is 6.20. The number of nitrogens with one attached hydrogen (secondary N) is 1. The average molecular weight is 360 g/mol. The smallest absolute Gasteiger partial charge is 0.317 e. The number of ether oxygens (including phenoxy) is 2. The predicted octanol–water partition coefficient (Wildman–Crippen LogP) is 2.40. The van der Waals surface area contributed by atoms with Crippen LogP contribution in [0.1, 0.15) is 17.0 Å². The first-order chi connectivity index (χ1) is 12.5. The van der Waals surface area contributed by atoms with E-state index in [-0.39, 0.29) is 6.03 Å². The molecule has 0 saturated carbocycles. The quantitative estimate of drug-likeness (QED) is 0.785. The number of aryl methyl sites for hydroxylation is 1. The molecular formula is C19H28N4O3. The van der Waals surface area contributed by atoms with Crippen LogP contribution in [0.5, 0.6) is 11.5 Å². The van der Waals surface area contributed by atoms with Gasteiger partial charge in [-0.05, 0) is 38.0 Å². The van der Waals surface area contributed by atoms with E-state index in [2.05, 4.69) is 10.3 Å². The molecule has 142 valence electrons. The van der Waals surface area contributed by atoms with Crippen LogP contribution in [0.2, 0.25) is 0 Å². The molecule has 7 heteroatoms. The SMILES string of the molecule is COc1ccc(CCN(C)C(=O)NCCn2cnc(C)c2C)cc1OC. The molecule has 0 saturated heterocycles. The topological polar surface area (TPSA) is 68.6 Å². The summed E-state index contributed by atoms with van der Waals surface area (Å²) in [5.74, 6) is 1.40. The molecule has 1 N–H and O–H groups in total. The van der Waals surface area contributed by atoms with E-state index in [1.54, 1.807) is 32.5 Å². The van der Waals surface area contributed by atoms with Gasteiger partial charge in [0.15, 0.2) is 11.5 Å². The zero-order valence-corrected chi connectivity index (χ0v) is 16.2. The Balaban J connectivity index is 1.79. The van der Waals surface area contributed by atoms with Crippen molar-refractivity contribution in [3.63, 3.8) is 0 Å². The van der Waals surface area contributed by atoms with Crippen molar-refractivity contribution < 1.29 is 14.3 Å². The van der Waals surface area contributed by atoms with Crippen LogP contribution >= 0.6 is 0 Å². The first-order valence-corrected chi connectivity index (χ1v) is 8.64. The standard InChI is InChI=1S/C19H28N4O3/c1-14-15(2)23(13-21-14)11-9-20-19(24)22(3)10-8-16-6-7-17(25-4)18(12-16)26-5/h6-7,12-13H,8-11H2,1-5H3,(H,20,24). The highest BCUT2D eigenvalue weighted by Crippen LogP contribution is 2.27. The molecule has 7 nitrogen and oxygen atoms in total. The molecule has 1 aromatic heterocycles. The third-order valence-corrected chi connectivity index (χ3v) is 4.50. The van der Waals surface area contributed by atoms with Crippen LogP contribution in [0, 0.1) is 13.8 Å². The van der Waals surface area contributed by atoms with Gasteiger partial charge in [-0.2, -0.15) is 0 Å². The number of imidazole rings is 1. The Morgan fingerprint density at radius 2 is 1.96 bits per heavy atom. The Hall–Kier alpha value is -2.70. The minimum atomic E-state index is -0.0834. The van der Waals surface area contributed by atoms with E-state index < -0.39 is 0 Å². The fourth-order valence-corrected chi connectivity index (χ4v) is 2.62. The van der Waals surface area contributed by atoms with Gasteiger partial charge in [0.25, 0.3) is 0 Å². The van der Waals surface area contributed by atoms with E-state index >= 15 is 0 Å². The number of nitrogens with zero attached hydrogens (tertiary/aromatic N) is 3. The summed E-state index contributed by atoms with van der Waals surface area (Å²) in [7, 11) is 5.02. The Morgan fingerprint density at radius 3 is 2.58 bits per heavy atom. The van der Waals surface area contributed by atoms with Crippen molar-refractivity contribution in [3.05, 3.63) is 41.5 Å². The molecule has 2 amide bonds. The van der Waals surface area contributed by atoms with Gasteiger partial charge < -0.3 is 24.3 Å². The van der Waals surface area contributed by atoms with E-state index in [1.807, 2.05) is 36.6 Å². The van der Waals surface area contributed by atoms with Crippen molar-refractivity contribution in [2.75, 3.05) is 34.4 Å². The van der Waals surface area contributed by atoms with E-state index in [4.69, 9.17) is 9.47 Å². The first-order valence-electron chi connectivity index (χ1n) is 8.64. The van der Waals surface area contributed by atoms with Crippen molar-refractivity contribution >= 4 is 6.03 Å². The summed E-state index contributed by atoms with van der Waals surface area (Å²) >= 11 is 0. The summed E-state index contributed by atoms with van der Waals surface area (Å²) in [6.07, 6.45) is 2.54. The fraction of sp³-hybridized carbons (Fsp3) is 0.474. The summed E-state index contributed by atoms with van der Waals surface area (Å²) in [6.45, 7) is 5.90. The van der Waals surface area contributed by atoms with Crippen LogP contribution < -0.4 is 14.8 Å². The third-order valence-electron chi connectivity index (χ3n) is 4.50. The summed E-state index contributed by atoms with van der Waals surface area (Å²) < 4.78 is 12.6. The Kier molecular flexibility index (Phi) is 6.89. The van der Waals surface area contributed by atoms with Crippen LogP contribution in [0.4, 0.5) is 4.79 Å². The Bertz CT molecular complexity index is 742. The number of carbonyl (C=O) groups is 1. The van der Waals surface area contributed by atoms with Gasteiger partial charge in [0, 0.05) is 32.4 Å². The van der Waals surface area contributed by atoms with Gasteiger partial charge in [0.1, 0.15) is 0 Å². The second-order valence-electron chi connectivity index (χ2n) is 6.20. The number of methoxy groups -OCH3 is 2. The van der Waals surface area contributed by atoms with Crippen LogP contribution in [0.15, 0.2) is 24.5 Å². The lowest BCUT2D eigenvalue weighted by Gasteiger charge is -2.18. The minimum absolute atomic E-state index is 0.0834. The number of amides is 2. The fourth-order valence-electron chi connectivity index (χ4n) is 2.62. The molecule has 0 radical (unpaired) electrons. The number of benzene rings is 1. The second kappa shape index (κ2) is 9.12. The molecule has 0 fully saturated rings. The molecule has 0 aliphatic rings. The van der Waals surface area contributed by atoms with E-state index in [9.17, 15) is 4.79 Å². The predicted molar refractivity (Wildman–Crippen MR) is 101 cm³/mol. The zero-order valence-electron chi connectivity index (χ0n) is 16.2. The number of urea groups is 1. The number of hydrogen-bond donors (Lipinski definition) is 1. The molecule has 0 aliphatic heterocycles. The maximum absolute atomic E-state index is 12.2. The molecule has 0 unspecified atom stereocenters. The lowest BCUT2D eigenvalue weighted by molar-refractivity contribution is 0.209. The van der Waals surface area contributed by atoms with Crippen molar-refractivity contribution in [3.8, 4) is 11.5 Å². The average Bonchev–Trinajstić information content (AvgIpc) is 2.97. The highest BCUT2D eigenvalue weighted by Gasteiger charge is 2.10. The molecule has 0 aliphatic carbocycles. The molecule has 2 aromatic rings. The van der Waals surface area contributed by atoms with E-state index in [1.165, 1.54) is 0 Å². The van der Waals surface area contributed by atoms with Gasteiger partial charge in [-0.25, -0.2) is 9.78 Å². The van der Waals surface area contributed by atoms with Crippen LogP contribution in [0.3, 0.4) is 0 Å². The molecule has 0 bridgehead atoms. The van der Waals surface area contributed by atoms with Crippen LogP contribution in [0.25, 0.3) is 0 Å². The lowest BCUT2D eigenvalue weighted by atomic mass is 10.1. The molecule has 0 spiro atoms. The number of aromatic nitrogens is 2. The summed E-state index contributed by atoms with van der Waals surface area (Å²) in [4.78, 5) is 18.2. The number of likely N-dealkylation sites (N-methyl/N-ethyl adjacent to an activating group) is 1. The highest BCUT2D eigenvalue weighted by molar-refractivity contribution is 5.73. The summed E-state index contributed by atoms with van der Waals surface area (Å²) in [5, 5.41) is 2.94. The van der Waals surface area contributed by atoms with Crippen molar-refractivity contribution in [2.24, 2.45) is 0 Å². The maximum Gasteiger partial charge on any atom is 0.317 e. The number of carbonyl (C=O) groups excluding carboxylic acids is 1. The van der Waals surface area contributed by atoms with Crippen molar-refractivity contribution in [1.82, 2.24) is 19.8 Å². The van der Waals surface area contributed by atoms with Gasteiger partial charge in [-0.1, -0.05) is 6.07 Å².